The zero-order valence-corrected chi connectivity index (χ0v) is 16.1. The van der Waals surface area contributed by atoms with Gasteiger partial charge < -0.3 is 19.9 Å². The van der Waals surface area contributed by atoms with Gasteiger partial charge in [-0.3, -0.25) is 4.79 Å². The topological polar surface area (TPSA) is 44.8 Å². The third kappa shape index (κ3) is 4.54. The van der Waals surface area contributed by atoms with Crippen molar-refractivity contribution < 1.29 is 9.53 Å². The Bertz CT molecular complexity index is 757. The number of carbonyl (C=O) groups excluding carboxylic acids is 1. The van der Waals surface area contributed by atoms with Gasteiger partial charge in [-0.15, -0.1) is 0 Å². The molecule has 7 heteroatoms. The van der Waals surface area contributed by atoms with E-state index in [1.54, 1.807) is 25.3 Å². The van der Waals surface area contributed by atoms with Gasteiger partial charge in [0.05, 0.1) is 19.3 Å². The van der Waals surface area contributed by atoms with Gasteiger partial charge in [-0.05, 0) is 30.3 Å². The summed E-state index contributed by atoms with van der Waals surface area (Å²) in [7, 11) is 1.67. The van der Waals surface area contributed by atoms with Crippen LogP contribution in [0.1, 0.15) is 0 Å². The Kier molecular flexibility index (Phi) is 6.12. The second-order valence-electron chi connectivity index (χ2n) is 6.05. The van der Waals surface area contributed by atoms with Gasteiger partial charge in [0, 0.05) is 41.9 Å². The number of benzene rings is 2. The number of ether oxygens (including phenoxy) is 1. The molecule has 0 aliphatic carbocycles. The average Bonchev–Trinajstić information content (AvgIpc) is 2.65. The zero-order chi connectivity index (χ0) is 18.5. The zero-order valence-electron chi connectivity index (χ0n) is 14.5. The lowest BCUT2D eigenvalue weighted by Crippen LogP contribution is -2.50. The van der Waals surface area contributed by atoms with E-state index in [1.165, 1.54) is 0 Å². The van der Waals surface area contributed by atoms with Crippen LogP contribution < -0.4 is 15.0 Å². The second-order valence-corrected chi connectivity index (χ2v) is 6.92. The number of para-hydroxylation sites is 2. The van der Waals surface area contributed by atoms with Crippen molar-refractivity contribution in [3.05, 3.63) is 52.5 Å². The fourth-order valence-corrected chi connectivity index (χ4v) is 3.56. The van der Waals surface area contributed by atoms with Crippen molar-refractivity contribution in [3.63, 3.8) is 0 Å². The number of hydrogen-bond acceptors (Lipinski definition) is 4. The molecule has 1 amide bonds. The molecule has 2 aromatic rings. The van der Waals surface area contributed by atoms with Crippen molar-refractivity contribution in [3.8, 4) is 5.75 Å². The maximum absolute atomic E-state index is 12.5. The monoisotopic (exact) mass is 393 g/mol. The molecule has 1 aliphatic rings. The molecular weight excluding hydrogens is 373 g/mol. The molecule has 1 N–H and O–H groups in total. The number of nitrogens with one attached hydrogen (secondary N) is 1. The molecule has 1 saturated heterocycles. The number of hydrogen-bond donors (Lipinski definition) is 1. The minimum atomic E-state index is 0.0563. The number of anilines is 2. The lowest BCUT2D eigenvalue weighted by molar-refractivity contribution is -0.129. The predicted molar refractivity (Wildman–Crippen MR) is 107 cm³/mol. The number of piperazine rings is 1. The highest BCUT2D eigenvalue weighted by atomic mass is 35.5. The Morgan fingerprint density at radius 3 is 2.38 bits per heavy atom. The van der Waals surface area contributed by atoms with Gasteiger partial charge in [-0.2, -0.15) is 0 Å². The lowest BCUT2D eigenvalue weighted by atomic mass is 10.2. The molecule has 2 aromatic carbocycles. The number of amides is 1. The first-order chi connectivity index (χ1) is 12.6. The molecule has 0 atom stereocenters. The largest absolute Gasteiger partial charge is 0.495 e. The smallest absolute Gasteiger partial charge is 0.241 e. The molecule has 1 heterocycles. The third-order valence-electron chi connectivity index (χ3n) is 4.36. The SMILES string of the molecule is COc1ccccc1N1CCN(C(=O)CNc2cc(Cl)cc(Cl)c2)CC1. The maximum Gasteiger partial charge on any atom is 0.241 e. The fourth-order valence-electron chi connectivity index (χ4n) is 3.03. The number of nitrogens with zero attached hydrogens (tertiary/aromatic N) is 2. The highest BCUT2D eigenvalue weighted by Gasteiger charge is 2.22. The van der Waals surface area contributed by atoms with E-state index in [9.17, 15) is 4.79 Å². The van der Waals surface area contributed by atoms with Crippen molar-refractivity contribution in [2.45, 2.75) is 0 Å². The van der Waals surface area contributed by atoms with Gasteiger partial charge in [-0.25, -0.2) is 0 Å². The van der Waals surface area contributed by atoms with E-state index in [4.69, 9.17) is 27.9 Å². The summed E-state index contributed by atoms with van der Waals surface area (Å²) < 4.78 is 5.43. The first kappa shape index (κ1) is 18.7. The van der Waals surface area contributed by atoms with Gasteiger partial charge in [0.25, 0.3) is 0 Å². The van der Waals surface area contributed by atoms with Gasteiger partial charge in [0.15, 0.2) is 0 Å². The standard InChI is InChI=1S/C19H21Cl2N3O2/c1-26-18-5-3-2-4-17(18)23-6-8-24(9-7-23)19(25)13-22-16-11-14(20)10-15(21)12-16/h2-5,10-12,22H,6-9,13H2,1H3. The molecule has 0 bridgehead atoms. The van der Waals surface area contributed by atoms with Gasteiger partial charge >= 0.3 is 0 Å². The number of methoxy groups -OCH3 is 1. The second kappa shape index (κ2) is 8.52. The van der Waals surface area contributed by atoms with Crippen LogP contribution in [0.5, 0.6) is 5.75 Å². The Hall–Kier alpha value is -2.11. The molecule has 0 unspecified atom stereocenters. The molecule has 0 aromatic heterocycles. The van der Waals surface area contributed by atoms with Gasteiger partial charge in [-0.1, -0.05) is 35.3 Å². The van der Waals surface area contributed by atoms with E-state index in [1.807, 2.05) is 29.2 Å². The Morgan fingerprint density at radius 1 is 1.08 bits per heavy atom. The number of carbonyl (C=O) groups is 1. The highest BCUT2D eigenvalue weighted by molar-refractivity contribution is 6.35. The van der Waals surface area contributed by atoms with Crippen LogP contribution in [0.3, 0.4) is 0 Å². The Balaban J connectivity index is 1.53. The minimum Gasteiger partial charge on any atom is -0.495 e. The van der Waals surface area contributed by atoms with Crippen LogP contribution in [0, 0.1) is 0 Å². The van der Waals surface area contributed by atoms with Gasteiger partial charge in [0.1, 0.15) is 5.75 Å². The third-order valence-corrected chi connectivity index (χ3v) is 4.80. The van der Waals surface area contributed by atoms with Crippen molar-refractivity contribution in [1.82, 2.24) is 4.90 Å². The summed E-state index contributed by atoms with van der Waals surface area (Å²) in [5, 5.41) is 4.17. The van der Waals surface area contributed by atoms with E-state index in [-0.39, 0.29) is 12.5 Å². The molecule has 26 heavy (non-hydrogen) atoms. The molecule has 5 nitrogen and oxygen atoms in total. The van der Waals surface area contributed by atoms with Crippen molar-refractivity contribution in [2.75, 3.05) is 50.1 Å². The molecule has 138 valence electrons. The van der Waals surface area contributed by atoms with Gasteiger partial charge in [0.2, 0.25) is 5.91 Å². The highest BCUT2D eigenvalue weighted by Crippen LogP contribution is 2.28. The maximum atomic E-state index is 12.5. The lowest BCUT2D eigenvalue weighted by Gasteiger charge is -2.36. The first-order valence-electron chi connectivity index (χ1n) is 8.42. The number of halogens is 2. The van der Waals surface area contributed by atoms with Crippen LogP contribution in [0.15, 0.2) is 42.5 Å². The van der Waals surface area contributed by atoms with Crippen LogP contribution in [-0.4, -0.2) is 50.6 Å². The Morgan fingerprint density at radius 2 is 1.73 bits per heavy atom. The summed E-state index contributed by atoms with van der Waals surface area (Å²) in [5.74, 6) is 0.910. The van der Waals surface area contributed by atoms with Crippen LogP contribution in [0.25, 0.3) is 0 Å². The van der Waals surface area contributed by atoms with E-state index in [0.717, 1.165) is 30.2 Å². The molecule has 0 radical (unpaired) electrons. The molecular formula is C19H21Cl2N3O2. The Labute approximate surface area is 163 Å². The molecule has 3 rings (SSSR count). The van der Waals surface area contributed by atoms with Crippen LogP contribution in [0.4, 0.5) is 11.4 Å². The first-order valence-corrected chi connectivity index (χ1v) is 9.18. The average molecular weight is 394 g/mol. The van der Waals surface area contributed by atoms with E-state index >= 15 is 0 Å². The predicted octanol–water partition coefficient (Wildman–Crippen LogP) is 3.76. The summed E-state index contributed by atoms with van der Waals surface area (Å²) >= 11 is 12.0. The molecule has 1 aliphatic heterocycles. The molecule has 0 saturated carbocycles. The summed E-state index contributed by atoms with van der Waals surface area (Å²) in [5.41, 5.74) is 1.80. The quantitative estimate of drug-likeness (QED) is 0.839. The van der Waals surface area contributed by atoms with Crippen LogP contribution in [0.2, 0.25) is 10.0 Å². The normalized spacial score (nSPS) is 14.3. The van der Waals surface area contributed by atoms with E-state index in [2.05, 4.69) is 10.2 Å². The van der Waals surface area contributed by atoms with Crippen molar-refractivity contribution >= 4 is 40.5 Å². The van der Waals surface area contributed by atoms with E-state index < -0.39 is 0 Å². The van der Waals surface area contributed by atoms with Crippen molar-refractivity contribution in [1.29, 1.82) is 0 Å². The van der Waals surface area contributed by atoms with Crippen LogP contribution >= 0.6 is 23.2 Å². The summed E-state index contributed by atoms with van der Waals surface area (Å²) in [4.78, 5) is 16.6. The summed E-state index contributed by atoms with van der Waals surface area (Å²) in [6.45, 7) is 3.11. The molecule has 0 spiro atoms. The van der Waals surface area contributed by atoms with Crippen molar-refractivity contribution in [2.24, 2.45) is 0 Å². The summed E-state index contributed by atoms with van der Waals surface area (Å²) in [6, 6.07) is 13.1. The minimum absolute atomic E-state index is 0.0563. The van der Waals surface area contributed by atoms with Crippen LogP contribution in [-0.2, 0) is 4.79 Å². The fraction of sp³-hybridized carbons (Fsp3) is 0.316. The summed E-state index contributed by atoms with van der Waals surface area (Å²) in [6.07, 6.45) is 0. The number of rotatable bonds is 5. The van der Waals surface area contributed by atoms with E-state index in [0.29, 0.717) is 23.1 Å². The molecule has 1 fully saturated rings.